The Morgan fingerprint density at radius 3 is 1.75 bits per heavy atom. The molecule has 3 rings (SSSR count). The molecule has 0 aliphatic carbocycles. The molecule has 0 amide bonds. The second-order valence-corrected chi connectivity index (χ2v) is 6.14. The maximum absolute atomic E-state index is 6.20. The van der Waals surface area contributed by atoms with E-state index in [1.807, 2.05) is 0 Å². The van der Waals surface area contributed by atoms with E-state index in [0.717, 1.165) is 6.54 Å². The highest BCUT2D eigenvalue weighted by atomic mass is 15.3. The van der Waals surface area contributed by atoms with E-state index < -0.39 is 0 Å². The van der Waals surface area contributed by atoms with Gasteiger partial charge in [0.25, 0.3) is 0 Å². The minimum absolute atomic E-state index is 0.0380. The van der Waals surface area contributed by atoms with Gasteiger partial charge in [0.2, 0.25) is 0 Å². The van der Waals surface area contributed by atoms with Gasteiger partial charge in [-0.25, -0.2) is 0 Å². The molecule has 1 aliphatic heterocycles. The SMILES string of the molecule is CC1(C)[C@@H](N)CN1C(c1ccccc1)c1ccccc1. The summed E-state index contributed by atoms with van der Waals surface area (Å²) in [6.45, 7) is 5.42. The van der Waals surface area contributed by atoms with Crippen molar-refractivity contribution >= 4 is 0 Å². The number of hydrogen-bond acceptors (Lipinski definition) is 2. The summed E-state index contributed by atoms with van der Waals surface area (Å²) in [4.78, 5) is 2.50. The molecule has 1 heterocycles. The standard InChI is InChI=1S/C18H22N2/c1-18(2)16(19)13-20(18)17(14-9-5-3-6-10-14)15-11-7-4-8-12-15/h3-12,16-17H,13,19H2,1-2H3/t16-/m0/s1. The first-order valence-corrected chi connectivity index (χ1v) is 7.23. The van der Waals surface area contributed by atoms with Crippen LogP contribution in [0.3, 0.4) is 0 Å². The zero-order valence-corrected chi connectivity index (χ0v) is 12.2. The van der Waals surface area contributed by atoms with Crippen molar-refractivity contribution < 1.29 is 0 Å². The highest BCUT2D eigenvalue weighted by Gasteiger charge is 2.47. The number of rotatable bonds is 3. The molecule has 1 aliphatic rings. The fourth-order valence-electron chi connectivity index (χ4n) is 3.03. The van der Waals surface area contributed by atoms with Crippen LogP contribution in [0.4, 0.5) is 0 Å². The first-order valence-electron chi connectivity index (χ1n) is 7.23. The van der Waals surface area contributed by atoms with E-state index in [1.165, 1.54) is 11.1 Å². The third kappa shape index (κ3) is 2.15. The molecule has 20 heavy (non-hydrogen) atoms. The largest absolute Gasteiger partial charge is 0.325 e. The van der Waals surface area contributed by atoms with Crippen LogP contribution in [-0.2, 0) is 0 Å². The Hall–Kier alpha value is -1.64. The van der Waals surface area contributed by atoms with E-state index in [4.69, 9.17) is 5.73 Å². The Bertz CT molecular complexity index is 523. The van der Waals surface area contributed by atoms with Crippen molar-refractivity contribution in [3.8, 4) is 0 Å². The summed E-state index contributed by atoms with van der Waals surface area (Å²) in [7, 11) is 0. The summed E-state index contributed by atoms with van der Waals surface area (Å²) in [6.07, 6.45) is 0. The van der Waals surface area contributed by atoms with Crippen LogP contribution < -0.4 is 5.73 Å². The lowest BCUT2D eigenvalue weighted by atomic mass is 9.79. The van der Waals surface area contributed by atoms with Gasteiger partial charge in [-0.3, -0.25) is 4.90 Å². The van der Waals surface area contributed by atoms with Crippen LogP contribution in [0, 0.1) is 0 Å². The second-order valence-electron chi connectivity index (χ2n) is 6.14. The molecule has 2 nitrogen and oxygen atoms in total. The lowest BCUT2D eigenvalue weighted by Crippen LogP contribution is -2.71. The van der Waals surface area contributed by atoms with Gasteiger partial charge in [-0.05, 0) is 25.0 Å². The second kappa shape index (κ2) is 5.04. The van der Waals surface area contributed by atoms with Gasteiger partial charge in [-0.15, -0.1) is 0 Å². The van der Waals surface area contributed by atoms with Gasteiger partial charge >= 0.3 is 0 Å². The zero-order valence-electron chi connectivity index (χ0n) is 12.2. The molecule has 0 saturated carbocycles. The van der Waals surface area contributed by atoms with Gasteiger partial charge in [0, 0.05) is 18.1 Å². The summed E-state index contributed by atoms with van der Waals surface area (Å²) in [5, 5.41) is 0. The fraction of sp³-hybridized carbons (Fsp3) is 0.333. The predicted octanol–water partition coefficient (Wildman–Crippen LogP) is 3.20. The molecule has 0 radical (unpaired) electrons. The third-order valence-electron chi connectivity index (χ3n) is 4.58. The van der Waals surface area contributed by atoms with Crippen molar-refractivity contribution in [2.24, 2.45) is 5.73 Å². The molecule has 2 aromatic carbocycles. The molecule has 104 valence electrons. The molecule has 1 fully saturated rings. The third-order valence-corrected chi connectivity index (χ3v) is 4.58. The molecule has 0 bridgehead atoms. The summed E-state index contributed by atoms with van der Waals surface area (Å²) in [5.41, 5.74) is 8.90. The Kier molecular flexibility index (Phi) is 3.36. The molecule has 0 spiro atoms. The monoisotopic (exact) mass is 266 g/mol. The van der Waals surface area contributed by atoms with Crippen molar-refractivity contribution in [2.45, 2.75) is 31.5 Å². The number of benzene rings is 2. The smallest absolute Gasteiger partial charge is 0.0607 e. The molecule has 2 N–H and O–H groups in total. The van der Waals surface area contributed by atoms with Crippen LogP contribution in [-0.4, -0.2) is 23.0 Å². The minimum Gasteiger partial charge on any atom is -0.325 e. The molecular formula is C18H22N2. The molecule has 1 saturated heterocycles. The molecule has 1 atom stereocenters. The van der Waals surface area contributed by atoms with Gasteiger partial charge < -0.3 is 5.73 Å². The topological polar surface area (TPSA) is 29.3 Å². The van der Waals surface area contributed by atoms with E-state index >= 15 is 0 Å². The minimum atomic E-state index is 0.0380. The van der Waals surface area contributed by atoms with Crippen LogP contribution in [0.15, 0.2) is 60.7 Å². The molecule has 0 unspecified atom stereocenters. The summed E-state index contributed by atoms with van der Waals surface area (Å²) < 4.78 is 0. The average Bonchev–Trinajstić information content (AvgIpc) is 2.49. The normalized spacial score (nSPS) is 21.7. The number of hydrogen-bond donors (Lipinski definition) is 1. The number of likely N-dealkylation sites (tertiary alicyclic amines) is 1. The van der Waals surface area contributed by atoms with Crippen LogP contribution in [0.1, 0.15) is 31.0 Å². The Morgan fingerprint density at radius 1 is 0.950 bits per heavy atom. The van der Waals surface area contributed by atoms with Gasteiger partial charge in [-0.2, -0.15) is 0 Å². The highest BCUT2D eigenvalue weighted by Crippen LogP contribution is 2.40. The maximum atomic E-state index is 6.20. The van der Waals surface area contributed by atoms with Gasteiger partial charge in [0.1, 0.15) is 0 Å². The van der Waals surface area contributed by atoms with E-state index in [0.29, 0.717) is 0 Å². The Labute approximate surface area is 121 Å². The van der Waals surface area contributed by atoms with E-state index in [2.05, 4.69) is 79.4 Å². The fourth-order valence-corrected chi connectivity index (χ4v) is 3.03. The zero-order chi connectivity index (χ0) is 14.2. The molecular weight excluding hydrogens is 244 g/mol. The molecule has 2 aromatic rings. The number of nitrogens with zero attached hydrogens (tertiary/aromatic N) is 1. The Balaban J connectivity index is 2.02. The van der Waals surface area contributed by atoms with Crippen molar-refractivity contribution in [3.05, 3.63) is 71.8 Å². The van der Waals surface area contributed by atoms with Crippen molar-refractivity contribution in [3.63, 3.8) is 0 Å². The van der Waals surface area contributed by atoms with Crippen LogP contribution in [0.25, 0.3) is 0 Å². The van der Waals surface area contributed by atoms with Crippen LogP contribution in [0.2, 0.25) is 0 Å². The molecule has 0 aromatic heterocycles. The van der Waals surface area contributed by atoms with Crippen LogP contribution >= 0.6 is 0 Å². The van der Waals surface area contributed by atoms with Crippen molar-refractivity contribution in [1.29, 1.82) is 0 Å². The lowest BCUT2D eigenvalue weighted by molar-refractivity contribution is -0.0355. The summed E-state index contributed by atoms with van der Waals surface area (Å²) in [6, 6.07) is 21.9. The van der Waals surface area contributed by atoms with Crippen molar-refractivity contribution in [2.75, 3.05) is 6.54 Å². The summed E-state index contributed by atoms with van der Waals surface area (Å²) >= 11 is 0. The van der Waals surface area contributed by atoms with E-state index in [-0.39, 0.29) is 17.6 Å². The average molecular weight is 266 g/mol. The van der Waals surface area contributed by atoms with E-state index in [9.17, 15) is 0 Å². The summed E-state index contributed by atoms with van der Waals surface area (Å²) in [5.74, 6) is 0. The van der Waals surface area contributed by atoms with Gasteiger partial charge in [0.15, 0.2) is 0 Å². The first kappa shape index (κ1) is 13.3. The first-order chi connectivity index (χ1) is 9.60. The van der Waals surface area contributed by atoms with Crippen molar-refractivity contribution in [1.82, 2.24) is 4.90 Å². The lowest BCUT2D eigenvalue weighted by Gasteiger charge is -2.57. The van der Waals surface area contributed by atoms with Gasteiger partial charge in [-0.1, -0.05) is 60.7 Å². The Morgan fingerprint density at radius 2 is 1.40 bits per heavy atom. The quantitative estimate of drug-likeness (QED) is 0.924. The van der Waals surface area contributed by atoms with Crippen LogP contribution in [0.5, 0.6) is 0 Å². The molecule has 2 heteroatoms. The predicted molar refractivity (Wildman–Crippen MR) is 83.5 cm³/mol. The maximum Gasteiger partial charge on any atom is 0.0607 e. The van der Waals surface area contributed by atoms with Gasteiger partial charge in [0.05, 0.1) is 6.04 Å². The van der Waals surface area contributed by atoms with E-state index in [1.54, 1.807) is 0 Å². The highest BCUT2D eigenvalue weighted by molar-refractivity contribution is 5.33. The number of nitrogens with two attached hydrogens (primary N) is 1.